The first-order valence-corrected chi connectivity index (χ1v) is 9.88. The fourth-order valence-electron chi connectivity index (χ4n) is 3.56. The summed E-state index contributed by atoms with van der Waals surface area (Å²) in [5.41, 5.74) is -0.432. The molecule has 0 aromatic heterocycles. The monoisotopic (exact) mass is 465 g/mol. The molecular weight excluding hydrogens is 444 g/mol. The van der Waals surface area contributed by atoms with Gasteiger partial charge in [-0.1, -0.05) is 35.9 Å². The third-order valence-corrected chi connectivity index (χ3v) is 5.44. The van der Waals surface area contributed by atoms with Crippen LogP contribution in [0.5, 0.6) is 0 Å². The lowest BCUT2D eigenvalue weighted by Gasteiger charge is -2.29. The van der Waals surface area contributed by atoms with Crippen molar-refractivity contribution in [2.45, 2.75) is 37.9 Å². The van der Waals surface area contributed by atoms with Crippen molar-refractivity contribution in [3.63, 3.8) is 0 Å². The minimum absolute atomic E-state index is 0.0238. The molecule has 0 bridgehead atoms. The third kappa shape index (κ3) is 4.08. The van der Waals surface area contributed by atoms with Gasteiger partial charge in [0.25, 0.3) is 11.8 Å². The Morgan fingerprint density at radius 2 is 2.03 bits per heavy atom. The third-order valence-electron chi connectivity index (χ3n) is 5.22. The average Bonchev–Trinajstić information content (AvgIpc) is 3.16. The molecular formula is C22H18ClF2N3O4. The normalized spacial score (nSPS) is 21.2. The molecule has 0 spiro atoms. The number of hydrogen-bond donors (Lipinski definition) is 2. The largest absolute Gasteiger partial charge is 0.349 e. The van der Waals surface area contributed by atoms with Gasteiger partial charge in [-0.25, -0.2) is 0 Å². The van der Waals surface area contributed by atoms with Crippen LogP contribution in [-0.4, -0.2) is 34.6 Å². The van der Waals surface area contributed by atoms with Crippen LogP contribution in [0.4, 0.5) is 8.78 Å². The summed E-state index contributed by atoms with van der Waals surface area (Å²) in [5.74, 6) is -7.88. The van der Waals surface area contributed by atoms with Crippen molar-refractivity contribution >= 4 is 35.2 Å². The van der Waals surface area contributed by atoms with Crippen molar-refractivity contribution in [2.75, 3.05) is 0 Å². The van der Waals surface area contributed by atoms with E-state index in [2.05, 4.69) is 5.32 Å². The van der Waals surface area contributed by atoms with Gasteiger partial charge in [0, 0.05) is 35.6 Å². The van der Waals surface area contributed by atoms with Crippen LogP contribution in [0, 0.1) is 0 Å². The molecule has 1 fully saturated rings. The highest BCUT2D eigenvalue weighted by molar-refractivity contribution is 6.30. The lowest BCUT2D eigenvalue weighted by molar-refractivity contribution is -0.147. The van der Waals surface area contributed by atoms with E-state index >= 15 is 0 Å². The van der Waals surface area contributed by atoms with Crippen LogP contribution in [0.2, 0.25) is 6.43 Å². The van der Waals surface area contributed by atoms with Crippen molar-refractivity contribution in [3.05, 3.63) is 69.7 Å². The lowest BCUT2D eigenvalue weighted by atomic mass is 10.0. The zero-order valence-corrected chi connectivity index (χ0v) is 17.1. The molecule has 2 aromatic rings. The molecule has 2 heterocycles. The van der Waals surface area contributed by atoms with Gasteiger partial charge in [-0.05, 0) is 35.7 Å². The fourth-order valence-corrected chi connectivity index (χ4v) is 3.67. The first kappa shape index (κ1) is 17.3. The molecule has 7 nitrogen and oxygen atoms in total. The first-order valence-electron chi connectivity index (χ1n) is 11.5. The maximum Gasteiger partial charge on any atom is 0.349 e. The van der Waals surface area contributed by atoms with Crippen LogP contribution in [0.1, 0.15) is 44.0 Å². The summed E-state index contributed by atoms with van der Waals surface area (Å²) in [6.45, 7) is -1.93. The molecule has 0 saturated carbocycles. The summed E-state index contributed by atoms with van der Waals surface area (Å²) in [4.78, 5) is 50.1. The Morgan fingerprint density at radius 3 is 2.72 bits per heavy atom. The minimum atomic E-state index is -4.31. The van der Waals surface area contributed by atoms with E-state index in [0.717, 1.165) is 0 Å². The molecule has 2 N–H and O–H groups in total. The molecule has 0 radical (unpaired) electrons. The van der Waals surface area contributed by atoms with Gasteiger partial charge in [0.05, 0.1) is 4.11 Å². The Morgan fingerprint density at radius 1 is 1.31 bits per heavy atom. The van der Waals surface area contributed by atoms with Crippen molar-refractivity contribution < 1.29 is 33.5 Å². The number of nitrogens with one attached hydrogen (secondary N) is 2. The van der Waals surface area contributed by atoms with Gasteiger partial charge in [0.15, 0.2) is 1.41 Å². The molecule has 166 valence electrons. The number of carbonyl (C=O) groups is 4. The Bertz CT molecular complexity index is 1290. The maximum atomic E-state index is 14.8. The van der Waals surface area contributed by atoms with Gasteiger partial charge in [0.2, 0.25) is 11.8 Å². The number of benzene rings is 2. The molecule has 4 amide bonds. The lowest BCUT2D eigenvalue weighted by Crippen LogP contribution is -2.52. The standard InChI is InChI=1S/C22H18ClF2N3O4/c23-15-4-2-14(3-5-15)22(24,25)21(32)26-10-12-1-6-16-13(9-12)11-28(20(16)31)17-7-8-18(29)27-19(17)30/h1-6,9,17H,7-8,10-11H2,(H,26,32)(H,27,29,30)/i4D,5D,10D/hD. The molecule has 32 heavy (non-hydrogen) atoms. The van der Waals surface area contributed by atoms with E-state index < -0.39 is 59.8 Å². The number of amides is 4. The van der Waals surface area contributed by atoms with E-state index in [4.69, 9.17) is 17.1 Å². The Kier molecular flexibility index (Phi) is 4.48. The highest BCUT2D eigenvalue weighted by Crippen LogP contribution is 2.30. The summed E-state index contributed by atoms with van der Waals surface area (Å²) in [6, 6.07) is 3.11. The number of piperidine rings is 1. The number of fused-ring (bicyclic) bond motifs is 1. The van der Waals surface area contributed by atoms with Crippen LogP contribution in [0.25, 0.3) is 0 Å². The highest BCUT2D eigenvalue weighted by Gasteiger charge is 2.41. The SMILES string of the molecule is [2H]c1cc(C(F)(F)C(=O)N([2H])C([2H])c2ccc3c(c2)CN(C2CCC(=O)NC2=O)C3=O)cc([2H])c1Cl. The number of halogens is 3. The zero-order valence-electron chi connectivity index (χ0n) is 20.3. The predicted molar refractivity (Wildman–Crippen MR) is 110 cm³/mol. The molecule has 4 rings (SSSR count). The Hall–Kier alpha value is -3.33. The van der Waals surface area contributed by atoms with Gasteiger partial charge >= 0.3 is 5.92 Å². The number of carbonyl (C=O) groups excluding carboxylic acids is 4. The smallest absolute Gasteiger partial charge is 0.346 e. The summed E-state index contributed by atoms with van der Waals surface area (Å²) in [6.07, 6.45) is 0.213. The zero-order chi connectivity index (χ0) is 26.5. The van der Waals surface area contributed by atoms with Crippen molar-refractivity contribution in [1.82, 2.24) is 15.5 Å². The number of rotatable bonds is 5. The quantitative estimate of drug-likeness (QED) is 0.663. The predicted octanol–water partition coefficient (Wildman–Crippen LogP) is 2.51. The van der Waals surface area contributed by atoms with Crippen LogP contribution in [0.3, 0.4) is 0 Å². The molecule has 0 aliphatic carbocycles. The topological polar surface area (TPSA) is 95.6 Å². The van der Waals surface area contributed by atoms with Gasteiger partial charge in [0.1, 0.15) is 6.04 Å². The van der Waals surface area contributed by atoms with E-state index in [-0.39, 0.29) is 40.8 Å². The van der Waals surface area contributed by atoms with Crippen LogP contribution >= 0.6 is 11.6 Å². The van der Waals surface area contributed by atoms with E-state index in [1.165, 1.54) is 23.1 Å². The van der Waals surface area contributed by atoms with E-state index in [1.807, 2.05) is 0 Å². The van der Waals surface area contributed by atoms with Crippen molar-refractivity contribution in [1.29, 1.82) is 0 Å². The minimum Gasteiger partial charge on any atom is -0.346 e. The van der Waals surface area contributed by atoms with Gasteiger partial charge in [-0.3, -0.25) is 24.5 Å². The number of hydrogen-bond acceptors (Lipinski definition) is 4. The number of nitrogens with zero attached hydrogens (tertiary/aromatic N) is 1. The second-order valence-electron chi connectivity index (χ2n) is 7.30. The van der Waals surface area contributed by atoms with Crippen molar-refractivity contribution in [2.24, 2.45) is 0 Å². The van der Waals surface area contributed by atoms with Crippen LogP contribution in [-0.2, 0) is 33.4 Å². The summed E-state index contributed by atoms with van der Waals surface area (Å²) in [5, 5.41) is 1.58. The van der Waals surface area contributed by atoms with Gasteiger partial charge in [-0.2, -0.15) is 8.78 Å². The Labute approximate surface area is 192 Å². The molecule has 10 heteroatoms. The van der Waals surface area contributed by atoms with E-state index in [1.54, 1.807) is 0 Å². The highest BCUT2D eigenvalue weighted by atomic mass is 35.5. The molecule has 1 saturated heterocycles. The second-order valence-corrected chi connectivity index (χ2v) is 7.68. The number of imide groups is 1. The molecule has 2 aromatic carbocycles. The molecule has 2 aliphatic rings. The van der Waals surface area contributed by atoms with Crippen molar-refractivity contribution in [3.8, 4) is 0 Å². The fraction of sp³-hybridized carbons (Fsp3) is 0.273. The summed E-state index contributed by atoms with van der Waals surface area (Å²) < 4.78 is 61.0. The van der Waals surface area contributed by atoms with Gasteiger partial charge in [-0.15, -0.1) is 0 Å². The average molecular weight is 466 g/mol. The van der Waals surface area contributed by atoms with E-state index in [9.17, 15) is 28.0 Å². The summed E-state index contributed by atoms with van der Waals surface area (Å²) >= 11 is 5.66. The van der Waals surface area contributed by atoms with E-state index in [0.29, 0.717) is 17.7 Å². The van der Waals surface area contributed by atoms with Crippen LogP contribution < -0.4 is 10.6 Å². The Balaban J connectivity index is 1.54. The molecule has 2 aliphatic heterocycles. The number of alkyl halides is 2. The molecule has 2 unspecified atom stereocenters. The van der Waals surface area contributed by atoms with Crippen LogP contribution in [0.15, 0.2) is 42.4 Å². The summed E-state index contributed by atoms with van der Waals surface area (Å²) in [7, 11) is 0. The van der Waals surface area contributed by atoms with Gasteiger partial charge < -0.3 is 10.2 Å². The first-order chi connectivity index (χ1) is 16.8. The maximum absolute atomic E-state index is 14.8. The molecule has 2 atom stereocenters. The second kappa shape index (κ2) is 8.31.